The number of alkyl halides is 3. The number of carbonyl (C=O) groups excluding carboxylic acids is 1. The fourth-order valence-corrected chi connectivity index (χ4v) is 5.39. The SMILES string of the molecule is Cc1cn(CC(F)(F)F)nc1S(=O)(=O)n1cc2c(n1)CN(C(=O)[C@H](CO)c1ccccc1Cl)C2. The molecule has 34 heavy (non-hydrogen) atoms. The number of aliphatic hydroxyl groups is 1. The Labute approximate surface area is 197 Å². The Hall–Kier alpha value is -2.90. The Morgan fingerprint density at radius 3 is 2.53 bits per heavy atom. The first kappa shape index (κ1) is 24.2. The zero-order chi connectivity index (χ0) is 24.8. The van der Waals surface area contributed by atoms with Gasteiger partial charge in [0.15, 0.2) is 0 Å². The summed E-state index contributed by atoms with van der Waals surface area (Å²) in [5, 5.41) is 17.2. The average Bonchev–Trinajstić information content (AvgIpc) is 3.42. The molecule has 0 bridgehead atoms. The van der Waals surface area contributed by atoms with Crippen molar-refractivity contribution in [2.24, 2.45) is 0 Å². The molecule has 0 saturated carbocycles. The van der Waals surface area contributed by atoms with Crippen molar-refractivity contribution in [2.75, 3.05) is 6.61 Å². The number of carbonyl (C=O) groups is 1. The van der Waals surface area contributed by atoms with Crippen molar-refractivity contribution in [3.63, 3.8) is 0 Å². The molecule has 1 aliphatic rings. The molecular weight excluding hydrogens is 499 g/mol. The summed E-state index contributed by atoms with van der Waals surface area (Å²) < 4.78 is 65.0. The number of amides is 1. The Morgan fingerprint density at radius 1 is 1.21 bits per heavy atom. The molecule has 0 radical (unpaired) electrons. The second kappa shape index (κ2) is 8.71. The zero-order valence-corrected chi connectivity index (χ0v) is 19.3. The Kier molecular flexibility index (Phi) is 6.21. The highest BCUT2D eigenvalue weighted by atomic mass is 35.5. The van der Waals surface area contributed by atoms with E-state index in [9.17, 15) is 31.5 Å². The van der Waals surface area contributed by atoms with Crippen molar-refractivity contribution < 1.29 is 31.5 Å². The van der Waals surface area contributed by atoms with E-state index in [0.717, 1.165) is 6.20 Å². The van der Waals surface area contributed by atoms with Gasteiger partial charge in [-0.1, -0.05) is 29.8 Å². The first-order valence-corrected chi connectivity index (χ1v) is 11.8. The first-order valence-electron chi connectivity index (χ1n) is 9.98. The lowest BCUT2D eigenvalue weighted by molar-refractivity contribution is -0.142. The maximum Gasteiger partial charge on any atom is 0.408 e. The first-order chi connectivity index (χ1) is 15.9. The van der Waals surface area contributed by atoms with E-state index < -0.39 is 46.2 Å². The third kappa shape index (κ3) is 4.55. The lowest BCUT2D eigenvalue weighted by Gasteiger charge is -2.22. The molecule has 1 aromatic carbocycles. The quantitative estimate of drug-likeness (QED) is 0.538. The molecule has 0 fully saturated rings. The van der Waals surface area contributed by atoms with Gasteiger partial charge < -0.3 is 10.0 Å². The van der Waals surface area contributed by atoms with Gasteiger partial charge in [0.1, 0.15) is 6.54 Å². The summed E-state index contributed by atoms with van der Waals surface area (Å²) in [4.78, 5) is 14.4. The van der Waals surface area contributed by atoms with Crippen molar-refractivity contribution in [1.29, 1.82) is 0 Å². The van der Waals surface area contributed by atoms with Crippen LogP contribution in [0.15, 0.2) is 41.7 Å². The van der Waals surface area contributed by atoms with Gasteiger partial charge in [0.2, 0.25) is 10.9 Å². The molecule has 0 spiro atoms. The summed E-state index contributed by atoms with van der Waals surface area (Å²) in [6, 6.07) is 6.65. The lowest BCUT2D eigenvalue weighted by Crippen LogP contribution is -2.33. The molecule has 1 atom stereocenters. The van der Waals surface area contributed by atoms with E-state index >= 15 is 0 Å². The van der Waals surface area contributed by atoms with Crippen LogP contribution in [0.3, 0.4) is 0 Å². The van der Waals surface area contributed by atoms with Crippen molar-refractivity contribution in [1.82, 2.24) is 23.9 Å². The Bertz CT molecular complexity index is 1330. The fraction of sp³-hybridized carbons (Fsp3) is 0.350. The number of nitrogens with zero attached hydrogens (tertiary/aromatic N) is 5. The van der Waals surface area contributed by atoms with Crippen LogP contribution in [0.4, 0.5) is 13.2 Å². The van der Waals surface area contributed by atoms with Gasteiger partial charge in [-0.05, 0) is 18.6 Å². The monoisotopic (exact) mass is 517 g/mol. The molecular formula is C20H19ClF3N5O4S. The number of aryl methyl sites for hydroxylation is 1. The van der Waals surface area contributed by atoms with Crippen LogP contribution in [0.25, 0.3) is 0 Å². The molecule has 9 nitrogen and oxygen atoms in total. The standard InChI is InChI=1S/C20H19ClF3N5O4S/c1-12-6-28(11-20(22,23)24)26-18(12)34(32,33)29-8-13-7-27(9-17(13)25-29)19(31)15(10-30)14-4-2-3-5-16(14)21/h2-6,8,15,30H,7,9-11H2,1H3/t15-/m1/s1. The number of aromatic nitrogens is 4. The number of hydrogen-bond acceptors (Lipinski definition) is 6. The predicted molar refractivity (Wildman–Crippen MR) is 113 cm³/mol. The van der Waals surface area contributed by atoms with Crippen LogP contribution >= 0.6 is 11.6 Å². The van der Waals surface area contributed by atoms with Gasteiger partial charge in [0, 0.05) is 35.1 Å². The van der Waals surface area contributed by atoms with Gasteiger partial charge in [-0.2, -0.15) is 35.9 Å². The zero-order valence-electron chi connectivity index (χ0n) is 17.7. The van der Waals surface area contributed by atoms with E-state index in [1.165, 1.54) is 18.0 Å². The van der Waals surface area contributed by atoms with Gasteiger partial charge in [0.25, 0.3) is 0 Å². The molecule has 182 valence electrons. The topological polar surface area (TPSA) is 110 Å². The normalized spacial score (nSPS) is 14.9. The molecule has 0 unspecified atom stereocenters. The maximum absolute atomic E-state index is 13.0. The number of hydrogen-bond donors (Lipinski definition) is 1. The van der Waals surface area contributed by atoms with Crippen LogP contribution < -0.4 is 0 Å². The summed E-state index contributed by atoms with van der Waals surface area (Å²) in [5.74, 6) is -1.29. The fourth-order valence-electron chi connectivity index (χ4n) is 3.81. The molecule has 2 aromatic heterocycles. The molecule has 14 heteroatoms. The molecule has 3 aromatic rings. The average molecular weight is 518 g/mol. The minimum atomic E-state index is -4.56. The molecule has 1 aliphatic heterocycles. The van der Waals surface area contributed by atoms with E-state index in [1.807, 2.05) is 0 Å². The highest BCUT2D eigenvalue weighted by molar-refractivity contribution is 7.89. The number of benzene rings is 1. The lowest BCUT2D eigenvalue weighted by atomic mass is 9.98. The van der Waals surface area contributed by atoms with Crippen molar-refractivity contribution in [2.45, 2.75) is 43.7 Å². The van der Waals surface area contributed by atoms with Gasteiger partial charge >= 0.3 is 16.2 Å². The molecule has 0 aliphatic carbocycles. The summed E-state index contributed by atoms with van der Waals surface area (Å²) >= 11 is 6.16. The number of aliphatic hydroxyl groups excluding tert-OH is 1. The predicted octanol–water partition coefficient (Wildman–Crippen LogP) is 2.46. The summed E-state index contributed by atoms with van der Waals surface area (Å²) in [6.07, 6.45) is -2.34. The number of halogens is 4. The van der Waals surface area contributed by atoms with Gasteiger partial charge in [0.05, 0.1) is 24.8 Å². The van der Waals surface area contributed by atoms with Crippen LogP contribution in [0.1, 0.15) is 28.3 Å². The summed E-state index contributed by atoms with van der Waals surface area (Å²) in [7, 11) is -4.34. The van der Waals surface area contributed by atoms with Gasteiger partial charge in [-0.15, -0.1) is 0 Å². The third-order valence-corrected chi connectivity index (χ3v) is 7.28. The van der Waals surface area contributed by atoms with Crippen molar-refractivity contribution >= 4 is 27.5 Å². The minimum absolute atomic E-state index is 0.000858. The number of rotatable bonds is 6. The maximum atomic E-state index is 13.0. The summed E-state index contributed by atoms with van der Waals surface area (Å²) in [6.45, 7) is -0.502. The van der Waals surface area contributed by atoms with Crippen LogP contribution in [0, 0.1) is 6.92 Å². The van der Waals surface area contributed by atoms with Crippen molar-refractivity contribution in [3.8, 4) is 0 Å². The molecule has 0 saturated heterocycles. The molecule has 4 rings (SSSR count). The van der Waals surface area contributed by atoms with Crippen LogP contribution in [0.5, 0.6) is 0 Å². The third-order valence-electron chi connectivity index (χ3n) is 5.36. The van der Waals surface area contributed by atoms with Gasteiger partial charge in [-0.25, -0.2) is 0 Å². The Morgan fingerprint density at radius 2 is 1.91 bits per heavy atom. The molecule has 1 N–H and O–H groups in total. The largest absolute Gasteiger partial charge is 0.408 e. The Balaban J connectivity index is 1.54. The van der Waals surface area contributed by atoms with Gasteiger partial charge in [-0.3, -0.25) is 9.48 Å². The second-order valence-electron chi connectivity index (χ2n) is 7.86. The van der Waals surface area contributed by atoms with Crippen LogP contribution in [-0.4, -0.2) is 56.1 Å². The molecule has 3 heterocycles. The van der Waals surface area contributed by atoms with E-state index in [-0.39, 0.29) is 18.7 Å². The highest BCUT2D eigenvalue weighted by Gasteiger charge is 2.35. The number of fused-ring (bicyclic) bond motifs is 1. The van der Waals surface area contributed by atoms with E-state index in [4.69, 9.17) is 11.6 Å². The van der Waals surface area contributed by atoms with E-state index in [0.29, 0.717) is 30.6 Å². The van der Waals surface area contributed by atoms with Crippen molar-refractivity contribution in [3.05, 3.63) is 64.1 Å². The summed E-state index contributed by atoms with van der Waals surface area (Å²) in [5.41, 5.74) is 1.29. The van der Waals surface area contributed by atoms with Crippen LogP contribution in [0.2, 0.25) is 5.02 Å². The highest BCUT2D eigenvalue weighted by Crippen LogP contribution is 2.30. The molecule has 1 amide bonds. The second-order valence-corrected chi connectivity index (χ2v) is 9.98. The smallest absolute Gasteiger partial charge is 0.395 e. The van der Waals surface area contributed by atoms with E-state index in [2.05, 4.69) is 10.2 Å². The van der Waals surface area contributed by atoms with Crippen LogP contribution in [-0.2, 0) is 34.5 Å². The minimum Gasteiger partial charge on any atom is -0.395 e. The van der Waals surface area contributed by atoms with E-state index in [1.54, 1.807) is 24.3 Å².